The molecule has 9 heteroatoms. The first kappa shape index (κ1) is 22.3. The van der Waals surface area contributed by atoms with Crippen LogP contribution < -0.4 is 5.32 Å². The second kappa shape index (κ2) is 9.99. The molecule has 1 aliphatic heterocycles. The van der Waals surface area contributed by atoms with Crippen molar-refractivity contribution in [2.24, 2.45) is 0 Å². The van der Waals surface area contributed by atoms with Crippen LogP contribution >= 0.6 is 0 Å². The number of nitrogens with zero attached hydrogens (tertiary/aromatic N) is 1. The van der Waals surface area contributed by atoms with E-state index in [0.717, 1.165) is 12.8 Å². The molecular weight excluding hydrogens is 384 g/mol. The van der Waals surface area contributed by atoms with Crippen LogP contribution in [-0.2, 0) is 24.3 Å². The van der Waals surface area contributed by atoms with Gasteiger partial charge in [-0.2, -0.15) is 4.31 Å². The summed E-state index contributed by atoms with van der Waals surface area (Å²) in [7, 11) is -3.76. The Morgan fingerprint density at radius 2 is 1.93 bits per heavy atom. The molecule has 1 aromatic rings. The maximum atomic E-state index is 12.9. The van der Waals surface area contributed by atoms with Crippen molar-refractivity contribution in [3.05, 3.63) is 29.8 Å². The molecule has 2 rings (SSSR count). The van der Waals surface area contributed by atoms with E-state index in [1.165, 1.54) is 28.6 Å². The SMILES string of the molecule is CCCCNC(=O)COC(=O)c1cccc(S(=O)(=O)N2CC(C)OC(C)C2)c1. The molecule has 1 heterocycles. The van der Waals surface area contributed by atoms with Crippen molar-refractivity contribution in [1.29, 1.82) is 0 Å². The Kier molecular flexibility index (Phi) is 7.97. The van der Waals surface area contributed by atoms with Crippen LogP contribution in [-0.4, -0.2) is 63.0 Å². The highest BCUT2D eigenvalue weighted by molar-refractivity contribution is 7.89. The van der Waals surface area contributed by atoms with Gasteiger partial charge in [0.1, 0.15) is 0 Å². The summed E-state index contributed by atoms with van der Waals surface area (Å²) in [6, 6.07) is 5.66. The molecule has 0 spiro atoms. The molecule has 0 saturated carbocycles. The van der Waals surface area contributed by atoms with Crippen LogP contribution in [0.2, 0.25) is 0 Å². The normalized spacial score (nSPS) is 20.5. The van der Waals surface area contributed by atoms with E-state index in [2.05, 4.69) is 5.32 Å². The van der Waals surface area contributed by atoms with Crippen LogP contribution in [0.5, 0.6) is 0 Å². The molecule has 2 atom stereocenters. The molecule has 1 fully saturated rings. The van der Waals surface area contributed by atoms with Crippen LogP contribution in [0, 0.1) is 0 Å². The fourth-order valence-electron chi connectivity index (χ4n) is 2.93. The lowest BCUT2D eigenvalue weighted by Crippen LogP contribution is -2.48. The maximum absolute atomic E-state index is 12.9. The molecule has 2 unspecified atom stereocenters. The highest BCUT2D eigenvalue weighted by Crippen LogP contribution is 2.22. The van der Waals surface area contributed by atoms with Crippen LogP contribution in [0.1, 0.15) is 44.0 Å². The first-order valence-corrected chi connectivity index (χ1v) is 10.9. The lowest BCUT2D eigenvalue weighted by Gasteiger charge is -2.34. The van der Waals surface area contributed by atoms with Crippen LogP contribution in [0.15, 0.2) is 29.2 Å². The summed E-state index contributed by atoms with van der Waals surface area (Å²) in [5.41, 5.74) is 0.0804. The van der Waals surface area contributed by atoms with E-state index < -0.39 is 22.6 Å². The number of benzene rings is 1. The molecule has 1 amide bonds. The zero-order valence-corrected chi connectivity index (χ0v) is 17.3. The van der Waals surface area contributed by atoms with Gasteiger partial charge in [-0.3, -0.25) is 4.79 Å². The number of hydrogen-bond donors (Lipinski definition) is 1. The summed E-state index contributed by atoms with van der Waals surface area (Å²) in [6.07, 6.45) is 1.37. The summed E-state index contributed by atoms with van der Waals surface area (Å²) in [5.74, 6) is -1.13. The summed E-state index contributed by atoms with van der Waals surface area (Å²) in [6.45, 7) is 6.26. The number of unbranched alkanes of at least 4 members (excludes halogenated alkanes) is 1. The Morgan fingerprint density at radius 3 is 2.57 bits per heavy atom. The Bertz CT molecular complexity index is 785. The van der Waals surface area contributed by atoms with Gasteiger partial charge in [0.2, 0.25) is 10.0 Å². The number of rotatable bonds is 8. The highest BCUT2D eigenvalue weighted by atomic mass is 32.2. The van der Waals surface area contributed by atoms with Gasteiger partial charge in [0.25, 0.3) is 5.91 Å². The fourth-order valence-corrected chi connectivity index (χ4v) is 4.57. The van der Waals surface area contributed by atoms with Crippen molar-refractivity contribution in [3.63, 3.8) is 0 Å². The third kappa shape index (κ3) is 6.02. The number of amides is 1. The second-order valence-corrected chi connectivity index (χ2v) is 8.82. The zero-order chi connectivity index (χ0) is 20.7. The third-order valence-electron chi connectivity index (χ3n) is 4.28. The average molecular weight is 413 g/mol. The summed E-state index contributed by atoms with van der Waals surface area (Å²) in [4.78, 5) is 23.9. The van der Waals surface area contributed by atoms with Crippen molar-refractivity contribution >= 4 is 21.9 Å². The van der Waals surface area contributed by atoms with Crippen molar-refractivity contribution < 1.29 is 27.5 Å². The number of nitrogens with one attached hydrogen (secondary N) is 1. The molecule has 0 aliphatic carbocycles. The van der Waals surface area contributed by atoms with Crippen molar-refractivity contribution in [2.75, 3.05) is 26.2 Å². The van der Waals surface area contributed by atoms with Crippen LogP contribution in [0.4, 0.5) is 0 Å². The molecule has 8 nitrogen and oxygen atoms in total. The maximum Gasteiger partial charge on any atom is 0.338 e. The van der Waals surface area contributed by atoms with Gasteiger partial charge in [0.05, 0.1) is 22.7 Å². The van der Waals surface area contributed by atoms with E-state index in [-0.39, 0.29) is 41.7 Å². The quantitative estimate of drug-likeness (QED) is 0.514. The number of carbonyl (C=O) groups excluding carboxylic acids is 2. The predicted molar refractivity (Wildman–Crippen MR) is 103 cm³/mol. The molecule has 1 aliphatic rings. The minimum absolute atomic E-state index is 0.00986. The average Bonchev–Trinajstić information content (AvgIpc) is 2.65. The monoisotopic (exact) mass is 412 g/mol. The molecular formula is C19H28N2O6S. The molecule has 1 aromatic carbocycles. The van der Waals surface area contributed by atoms with Gasteiger partial charge in [-0.15, -0.1) is 0 Å². The van der Waals surface area contributed by atoms with Crippen molar-refractivity contribution in [3.8, 4) is 0 Å². The van der Waals surface area contributed by atoms with Crippen molar-refractivity contribution in [1.82, 2.24) is 9.62 Å². The Morgan fingerprint density at radius 1 is 1.25 bits per heavy atom. The van der Waals surface area contributed by atoms with Gasteiger partial charge in [0, 0.05) is 19.6 Å². The topological polar surface area (TPSA) is 102 Å². The molecule has 0 radical (unpaired) electrons. The summed E-state index contributed by atoms with van der Waals surface area (Å²) in [5, 5.41) is 2.65. The number of carbonyl (C=O) groups is 2. The van der Waals surface area contributed by atoms with Crippen LogP contribution in [0.25, 0.3) is 0 Å². The molecule has 1 saturated heterocycles. The van der Waals surface area contributed by atoms with Gasteiger partial charge < -0.3 is 14.8 Å². The van der Waals surface area contributed by atoms with Crippen molar-refractivity contribution in [2.45, 2.75) is 50.7 Å². The summed E-state index contributed by atoms with van der Waals surface area (Å²) < 4.78 is 37.8. The van der Waals surface area contributed by atoms with Gasteiger partial charge >= 0.3 is 5.97 Å². The molecule has 0 bridgehead atoms. The van der Waals surface area contributed by atoms with E-state index in [1.807, 2.05) is 20.8 Å². The number of hydrogen-bond acceptors (Lipinski definition) is 6. The Hall–Kier alpha value is -1.97. The molecule has 1 N–H and O–H groups in total. The van der Waals surface area contributed by atoms with E-state index in [1.54, 1.807) is 0 Å². The number of ether oxygens (including phenoxy) is 2. The molecule has 0 aromatic heterocycles. The Labute approximate surface area is 166 Å². The van der Waals surface area contributed by atoms with Gasteiger partial charge in [-0.05, 0) is 38.5 Å². The summed E-state index contributed by atoms with van der Waals surface area (Å²) >= 11 is 0. The third-order valence-corrected chi connectivity index (χ3v) is 6.11. The first-order valence-electron chi connectivity index (χ1n) is 9.43. The van der Waals surface area contributed by atoms with Gasteiger partial charge in [-0.25, -0.2) is 13.2 Å². The van der Waals surface area contributed by atoms with E-state index in [9.17, 15) is 18.0 Å². The Balaban J connectivity index is 2.04. The smallest absolute Gasteiger partial charge is 0.338 e. The minimum atomic E-state index is -3.76. The van der Waals surface area contributed by atoms with Crippen LogP contribution in [0.3, 0.4) is 0 Å². The largest absolute Gasteiger partial charge is 0.452 e. The fraction of sp³-hybridized carbons (Fsp3) is 0.579. The lowest BCUT2D eigenvalue weighted by molar-refractivity contribution is -0.124. The second-order valence-electron chi connectivity index (χ2n) is 6.89. The van der Waals surface area contributed by atoms with E-state index >= 15 is 0 Å². The molecule has 28 heavy (non-hydrogen) atoms. The molecule has 156 valence electrons. The number of morpholine rings is 1. The minimum Gasteiger partial charge on any atom is -0.452 e. The first-order chi connectivity index (χ1) is 13.2. The van der Waals surface area contributed by atoms with E-state index in [0.29, 0.717) is 6.54 Å². The standard InChI is InChI=1S/C19H28N2O6S/c1-4-5-9-20-18(22)13-26-19(23)16-7-6-8-17(10-16)28(24,25)21-11-14(2)27-15(3)12-21/h6-8,10,14-15H,4-5,9,11-13H2,1-3H3,(H,20,22). The van der Waals surface area contributed by atoms with Gasteiger partial charge in [-0.1, -0.05) is 19.4 Å². The lowest BCUT2D eigenvalue weighted by atomic mass is 10.2. The number of sulfonamides is 1. The number of esters is 1. The van der Waals surface area contributed by atoms with E-state index in [4.69, 9.17) is 9.47 Å². The van der Waals surface area contributed by atoms with Gasteiger partial charge in [0.15, 0.2) is 6.61 Å². The highest BCUT2D eigenvalue weighted by Gasteiger charge is 2.32. The predicted octanol–water partition coefficient (Wildman–Crippen LogP) is 1.56. The zero-order valence-electron chi connectivity index (χ0n) is 16.5.